The molecule has 23 heavy (non-hydrogen) atoms. The predicted octanol–water partition coefficient (Wildman–Crippen LogP) is 2.69. The molecule has 7 heteroatoms. The van der Waals surface area contributed by atoms with Gasteiger partial charge in [0, 0.05) is 24.6 Å². The Kier molecular flexibility index (Phi) is 5.87. The Hall–Kier alpha value is -1.76. The first-order valence-corrected chi connectivity index (χ1v) is 7.62. The summed E-state index contributed by atoms with van der Waals surface area (Å²) in [5.74, 6) is 0.0355. The summed E-state index contributed by atoms with van der Waals surface area (Å²) in [5, 5.41) is 5.97. The number of hydrogen-bond acceptors (Lipinski definition) is 3. The molecule has 2 rings (SSSR count). The van der Waals surface area contributed by atoms with Gasteiger partial charge >= 0.3 is 6.18 Å². The van der Waals surface area contributed by atoms with Crippen molar-refractivity contribution < 1.29 is 22.7 Å². The molecular weight excluding hydrogens is 309 g/mol. The second-order valence-electron chi connectivity index (χ2n) is 5.79. The van der Waals surface area contributed by atoms with E-state index >= 15 is 0 Å². The molecule has 4 nitrogen and oxygen atoms in total. The fraction of sp³-hybridized carbons (Fsp3) is 0.562. The van der Waals surface area contributed by atoms with Crippen molar-refractivity contribution in [1.82, 2.24) is 10.6 Å². The van der Waals surface area contributed by atoms with Crippen LogP contribution in [0.1, 0.15) is 30.4 Å². The van der Waals surface area contributed by atoms with E-state index in [9.17, 15) is 18.0 Å². The van der Waals surface area contributed by atoms with Crippen LogP contribution < -0.4 is 15.4 Å². The molecule has 0 spiro atoms. The van der Waals surface area contributed by atoms with Crippen LogP contribution in [0.15, 0.2) is 18.2 Å². The van der Waals surface area contributed by atoms with Gasteiger partial charge in [0.25, 0.3) is 0 Å². The summed E-state index contributed by atoms with van der Waals surface area (Å²) in [7, 11) is 0. The van der Waals surface area contributed by atoms with Crippen molar-refractivity contribution in [2.75, 3.05) is 13.2 Å². The number of carbonyl (C=O) groups excluding carboxylic acids is 1. The highest BCUT2D eigenvalue weighted by atomic mass is 19.4. The van der Waals surface area contributed by atoms with Crippen molar-refractivity contribution in [2.24, 2.45) is 0 Å². The van der Waals surface area contributed by atoms with Crippen LogP contribution in [0.5, 0.6) is 5.75 Å². The lowest BCUT2D eigenvalue weighted by Crippen LogP contribution is -2.31. The van der Waals surface area contributed by atoms with Gasteiger partial charge in [-0.15, -0.1) is 0 Å². The normalized spacial score (nSPS) is 18.0. The molecule has 2 N–H and O–H groups in total. The van der Waals surface area contributed by atoms with Gasteiger partial charge < -0.3 is 15.4 Å². The zero-order valence-electron chi connectivity index (χ0n) is 13.0. The largest absolute Gasteiger partial charge is 0.484 e. The van der Waals surface area contributed by atoms with E-state index in [1.165, 1.54) is 0 Å². The average Bonchev–Trinajstić information content (AvgIpc) is 2.96. The zero-order chi connectivity index (χ0) is 16.9. The fourth-order valence-electron chi connectivity index (χ4n) is 2.52. The third-order valence-corrected chi connectivity index (χ3v) is 3.68. The molecule has 0 bridgehead atoms. The molecule has 1 unspecified atom stereocenters. The topological polar surface area (TPSA) is 50.4 Å². The first-order chi connectivity index (χ1) is 10.8. The van der Waals surface area contributed by atoms with Crippen LogP contribution in [0.25, 0.3) is 0 Å². The number of nitrogens with one attached hydrogen (secondary N) is 2. The van der Waals surface area contributed by atoms with Crippen LogP contribution in [0, 0.1) is 6.92 Å². The third kappa shape index (κ3) is 6.09. The number of hydrogen-bond donors (Lipinski definition) is 2. The van der Waals surface area contributed by atoms with Gasteiger partial charge in [-0.3, -0.25) is 4.79 Å². The number of amides is 1. The van der Waals surface area contributed by atoms with Crippen molar-refractivity contribution in [3.8, 4) is 5.75 Å². The van der Waals surface area contributed by atoms with Gasteiger partial charge in [-0.05, 0) is 37.9 Å². The molecule has 1 saturated heterocycles. The molecule has 0 saturated carbocycles. The van der Waals surface area contributed by atoms with Gasteiger partial charge in [0.2, 0.25) is 5.91 Å². The van der Waals surface area contributed by atoms with Gasteiger partial charge in [-0.1, -0.05) is 12.1 Å². The van der Waals surface area contributed by atoms with Crippen LogP contribution in [0.3, 0.4) is 0 Å². The Balaban J connectivity index is 1.91. The molecule has 1 aliphatic rings. The van der Waals surface area contributed by atoms with Crippen molar-refractivity contribution in [1.29, 1.82) is 0 Å². The highest BCUT2D eigenvalue weighted by Gasteiger charge is 2.28. The van der Waals surface area contributed by atoms with Crippen molar-refractivity contribution in [2.45, 2.75) is 44.9 Å². The summed E-state index contributed by atoms with van der Waals surface area (Å²) in [6.45, 7) is 1.50. The lowest BCUT2D eigenvalue weighted by molar-refractivity contribution is -0.153. The quantitative estimate of drug-likeness (QED) is 0.843. The maximum Gasteiger partial charge on any atom is 0.422 e. The second kappa shape index (κ2) is 7.68. The zero-order valence-corrected chi connectivity index (χ0v) is 13.0. The molecule has 0 aromatic heterocycles. The lowest BCUT2D eigenvalue weighted by atomic mass is 10.1. The van der Waals surface area contributed by atoms with E-state index in [0.717, 1.165) is 24.9 Å². The fourth-order valence-corrected chi connectivity index (χ4v) is 2.52. The summed E-state index contributed by atoms with van der Waals surface area (Å²) in [6, 6.07) is 5.19. The van der Waals surface area contributed by atoms with E-state index in [0.29, 0.717) is 12.0 Å². The van der Waals surface area contributed by atoms with Gasteiger partial charge in [0.15, 0.2) is 6.61 Å². The smallest absolute Gasteiger partial charge is 0.422 e. The molecule has 0 radical (unpaired) electrons. The first kappa shape index (κ1) is 17.6. The second-order valence-corrected chi connectivity index (χ2v) is 5.79. The number of halogens is 3. The van der Waals surface area contributed by atoms with Gasteiger partial charge in [0.1, 0.15) is 5.75 Å². The highest BCUT2D eigenvalue weighted by molar-refractivity contribution is 5.76. The molecule has 0 aliphatic carbocycles. The molecule has 1 amide bonds. The molecular formula is C16H21F3N2O2. The minimum atomic E-state index is -4.39. The number of ether oxygens (including phenoxy) is 1. The van der Waals surface area contributed by atoms with Crippen LogP contribution >= 0.6 is 0 Å². The van der Waals surface area contributed by atoms with Crippen LogP contribution in [0.4, 0.5) is 13.2 Å². The molecule has 1 fully saturated rings. The summed E-state index contributed by atoms with van der Waals surface area (Å²) < 4.78 is 41.8. The standard InChI is InChI=1S/C16H21F3N2O2/c1-11-4-5-12(14(7-11)23-10-16(17,18)19)9-21-15(22)8-13-3-2-6-20-13/h4-5,7,13,20H,2-3,6,8-10H2,1H3,(H,21,22). The Morgan fingerprint density at radius 1 is 1.43 bits per heavy atom. The molecule has 1 aromatic rings. The Labute approximate surface area is 133 Å². The lowest BCUT2D eigenvalue weighted by Gasteiger charge is -2.15. The number of alkyl halides is 3. The Morgan fingerprint density at radius 2 is 2.22 bits per heavy atom. The molecule has 1 aliphatic heterocycles. The average molecular weight is 330 g/mol. The van der Waals surface area contributed by atoms with E-state index in [-0.39, 0.29) is 24.2 Å². The van der Waals surface area contributed by atoms with E-state index < -0.39 is 12.8 Å². The predicted molar refractivity (Wildman–Crippen MR) is 80.2 cm³/mol. The monoisotopic (exact) mass is 330 g/mol. The first-order valence-electron chi connectivity index (χ1n) is 7.62. The minimum absolute atomic E-state index is 0.119. The van der Waals surface area contributed by atoms with E-state index in [1.54, 1.807) is 25.1 Å². The summed E-state index contributed by atoms with van der Waals surface area (Å²) in [4.78, 5) is 11.9. The molecule has 1 atom stereocenters. The SMILES string of the molecule is Cc1ccc(CNC(=O)CC2CCCN2)c(OCC(F)(F)F)c1. The number of rotatable bonds is 6. The number of benzene rings is 1. The van der Waals surface area contributed by atoms with Crippen molar-refractivity contribution in [3.63, 3.8) is 0 Å². The van der Waals surface area contributed by atoms with Crippen LogP contribution in [-0.2, 0) is 11.3 Å². The van der Waals surface area contributed by atoms with E-state index in [4.69, 9.17) is 4.74 Å². The third-order valence-electron chi connectivity index (χ3n) is 3.68. The van der Waals surface area contributed by atoms with Gasteiger partial charge in [-0.25, -0.2) is 0 Å². The van der Waals surface area contributed by atoms with E-state index in [1.807, 2.05) is 0 Å². The van der Waals surface area contributed by atoms with Gasteiger partial charge in [0.05, 0.1) is 0 Å². The summed E-state index contributed by atoms with van der Waals surface area (Å²) >= 11 is 0. The maximum absolute atomic E-state index is 12.3. The summed E-state index contributed by atoms with van der Waals surface area (Å²) in [6.07, 6.45) is -1.98. The Bertz CT molecular complexity index is 541. The molecule has 1 aromatic carbocycles. The maximum atomic E-state index is 12.3. The van der Waals surface area contributed by atoms with Crippen LogP contribution in [-0.4, -0.2) is 31.3 Å². The Morgan fingerprint density at radius 3 is 2.87 bits per heavy atom. The van der Waals surface area contributed by atoms with E-state index in [2.05, 4.69) is 10.6 Å². The number of carbonyl (C=O) groups is 1. The highest BCUT2D eigenvalue weighted by Crippen LogP contribution is 2.23. The molecule has 1 heterocycles. The number of aryl methyl sites for hydroxylation is 1. The van der Waals surface area contributed by atoms with Crippen molar-refractivity contribution >= 4 is 5.91 Å². The summed E-state index contributed by atoms with van der Waals surface area (Å²) in [5.41, 5.74) is 1.33. The van der Waals surface area contributed by atoms with Gasteiger partial charge in [-0.2, -0.15) is 13.2 Å². The van der Waals surface area contributed by atoms with Crippen molar-refractivity contribution in [3.05, 3.63) is 29.3 Å². The van der Waals surface area contributed by atoms with Crippen LogP contribution in [0.2, 0.25) is 0 Å². The minimum Gasteiger partial charge on any atom is -0.484 e. The molecule has 128 valence electrons.